The molecule has 8 nitrogen and oxygen atoms in total. The molecular formula is C30H37N5O3. The molecule has 0 aliphatic carbocycles. The second-order valence-corrected chi connectivity index (χ2v) is 10.2. The molecule has 0 radical (unpaired) electrons. The van der Waals surface area contributed by atoms with Gasteiger partial charge in [0, 0.05) is 31.4 Å². The zero-order chi connectivity index (χ0) is 26.9. The van der Waals surface area contributed by atoms with Crippen molar-refractivity contribution in [3.63, 3.8) is 0 Å². The number of carbonyl (C=O) groups excluding carboxylic acids is 3. The summed E-state index contributed by atoms with van der Waals surface area (Å²) in [5.74, 6) is -0.805. The lowest BCUT2D eigenvalue weighted by molar-refractivity contribution is -0.145. The predicted octanol–water partition coefficient (Wildman–Crippen LogP) is 3.19. The van der Waals surface area contributed by atoms with Crippen LogP contribution >= 0.6 is 0 Å². The number of nitrogens with one attached hydrogen (secondary N) is 3. The molecule has 1 aliphatic rings. The van der Waals surface area contributed by atoms with E-state index in [1.165, 1.54) is 11.9 Å². The Bertz CT molecular complexity index is 1210. The van der Waals surface area contributed by atoms with Gasteiger partial charge in [-0.1, -0.05) is 68.4 Å². The maximum atomic E-state index is 13.8. The minimum Gasteiger partial charge on any atom is -0.354 e. The number of rotatable bonds is 11. The number of imidazole rings is 1. The molecule has 200 valence electrons. The van der Waals surface area contributed by atoms with E-state index >= 15 is 0 Å². The maximum absolute atomic E-state index is 13.8. The van der Waals surface area contributed by atoms with Gasteiger partial charge in [0.05, 0.1) is 12.7 Å². The Labute approximate surface area is 224 Å². The number of H-pyrrole nitrogens is 1. The molecule has 2 aromatic carbocycles. The number of hydrogen-bond donors (Lipinski definition) is 3. The van der Waals surface area contributed by atoms with Crippen molar-refractivity contribution in [2.24, 2.45) is 5.92 Å². The number of fused-ring (bicyclic) bond motifs is 1. The highest BCUT2D eigenvalue weighted by atomic mass is 16.2. The number of aryl methyl sites for hydroxylation is 1. The summed E-state index contributed by atoms with van der Waals surface area (Å²) in [6.07, 6.45) is 6.45. The van der Waals surface area contributed by atoms with E-state index in [0.717, 1.165) is 30.4 Å². The lowest BCUT2D eigenvalue weighted by Gasteiger charge is -2.38. The highest BCUT2D eigenvalue weighted by molar-refractivity contribution is 5.93. The number of unbranched alkanes of at least 4 members (excludes halogenated alkanes) is 1. The summed E-state index contributed by atoms with van der Waals surface area (Å²) in [6, 6.07) is 16.9. The van der Waals surface area contributed by atoms with Gasteiger partial charge in [-0.05, 0) is 41.9 Å². The first kappa shape index (κ1) is 27.1. The molecule has 0 saturated carbocycles. The Morgan fingerprint density at radius 2 is 1.76 bits per heavy atom. The quantitative estimate of drug-likeness (QED) is 0.341. The molecule has 3 N–H and O–H groups in total. The monoisotopic (exact) mass is 515 g/mol. The highest BCUT2D eigenvalue weighted by Gasteiger charge is 2.38. The van der Waals surface area contributed by atoms with E-state index in [4.69, 9.17) is 0 Å². The fraction of sp³-hybridized carbons (Fsp3) is 0.400. The van der Waals surface area contributed by atoms with Crippen LogP contribution in [0.3, 0.4) is 0 Å². The average molecular weight is 516 g/mol. The number of carbonyl (C=O) groups is 3. The second kappa shape index (κ2) is 13.0. The fourth-order valence-corrected chi connectivity index (χ4v) is 4.89. The Hall–Kier alpha value is -3.94. The number of benzene rings is 2. The van der Waals surface area contributed by atoms with Crippen LogP contribution in [-0.2, 0) is 40.2 Å². The normalized spacial score (nSPS) is 15.6. The third-order valence-corrected chi connectivity index (χ3v) is 7.02. The van der Waals surface area contributed by atoms with Crippen molar-refractivity contribution in [1.82, 2.24) is 25.5 Å². The van der Waals surface area contributed by atoms with Crippen LogP contribution in [0.15, 0.2) is 67.1 Å². The average Bonchev–Trinajstić information content (AvgIpc) is 3.43. The molecule has 8 heteroatoms. The van der Waals surface area contributed by atoms with E-state index in [2.05, 4.69) is 32.7 Å². The van der Waals surface area contributed by atoms with Crippen molar-refractivity contribution >= 4 is 17.7 Å². The lowest BCUT2D eigenvalue weighted by atomic mass is 9.91. The van der Waals surface area contributed by atoms with E-state index in [1.54, 1.807) is 11.1 Å². The van der Waals surface area contributed by atoms with Crippen molar-refractivity contribution in [3.05, 3.63) is 89.5 Å². The third-order valence-electron chi connectivity index (χ3n) is 7.02. The molecule has 4 rings (SSSR count). The van der Waals surface area contributed by atoms with Gasteiger partial charge in [0.2, 0.25) is 17.7 Å². The highest BCUT2D eigenvalue weighted by Crippen LogP contribution is 2.25. The third kappa shape index (κ3) is 7.09. The Morgan fingerprint density at radius 3 is 2.47 bits per heavy atom. The van der Waals surface area contributed by atoms with Crippen LogP contribution in [-0.4, -0.2) is 51.2 Å². The molecule has 1 aliphatic heterocycles. The van der Waals surface area contributed by atoms with Gasteiger partial charge in [0.25, 0.3) is 0 Å². The molecule has 0 unspecified atom stereocenters. The SMILES string of the molecule is CC(C)[C@H](NC(=O)Cc1cnc[nH]1)C(=O)N1Cc2ccccc2C[C@H]1C(=O)NCCCCc1ccccc1. The number of amides is 3. The van der Waals surface area contributed by atoms with E-state index in [9.17, 15) is 14.4 Å². The molecule has 0 fully saturated rings. The lowest BCUT2D eigenvalue weighted by Crippen LogP contribution is -2.59. The largest absolute Gasteiger partial charge is 0.354 e. The summed E-state index contributed by atoms with van der Waals surface area (Å²) in [5.41, 5.74) is 4.06. The van der Waals surface area contributed by atoms with E-state index in [1.807, 2.05) is 56.3 Å². The molecule has 2 atom stereocenters. The summed E-state index contributed by atoms with van der Waals surface area (Å²) in [4.78, 5) is 48.4. The van der Waals surface area contributed by atoms with Gasteiger partial charge < -0.3 is 20.5 Å². The molecule has 0 bridgehead atoms. The minimum atomic E-state index is -0.739. The van der Waals surface area contributed by atoms with Gasteiger partial charge in [-0.25, -0.2) is 4.98 Å². The number of aromatic nitrogens is 2. The van der Waals surface area contributed by atoms with Crippen LogP contribution in [0.25, 0.3) is 0 Å². The van der Waals surface area contributed by atoms with Crippen LogP contribution in [0, 0.1) is 5.92 Å². The van der Waals surface area contributed by atoms with Crippen molar-refractivity contribution in [2.75, 3.05) is 6.54 Å². The van der Waals surface area contributed by atoms with Gasteiger partial charge in [-0.3, -0.25) is 14.4 Å². The molecule has 2 heterocycles. The van der Waals surface area contributed by atoms with Crippen molar-refractivity contribution in [2.45, 2.75) is 64.6 Å². The summed E-state index contributed by atoms with van der Waals surface area (Å²) in [7, 11) is 0. The van der Waals surface area contributed by atoms with Crippen LogP contribution < -0.4 is 10.6 Å². The topological polar surface area (TPSA) is 107 Å². The predicted molar refractivity (Wildman–Crippen MR) is 146 cm³/mol. The van der Waals surface area contributed by atoms with Crippen LogP contribution in [0.2, 0.25) is 0 Å². The van der Waals surface area contributed by atoms with Gasteiger partial charge >= 0.3 is 0 Å². The maximum Gasteiger partial charge on any atom is 0.246 e. The smallest absolute Gasteiger partial charge is 0.246 e. The molecule has 0 saturated heterocycles. The van der Waals surface area contributed by atoms with E-state index in [-0.39, 0.29) is 30.1 Å². The van der Waals surface area contributed by atoms with E-state index in [0.29, 0.717) is 25.2 Å². The molecule has 38 heavy (non-hydrogen) atoms. The Kier molecular flexibility index (Phi) is 9.30. The first-order chi connectivity index (χ1) is 18.4. The van der Waals surface area contributed by atoms with Gasteiger partial charge in [-0.2, -0.15) is 0 Å². The number of aromatic amines is 1. The fourth-order valence-electron chi connectivity index (χ4n) is 4.89. The van der Waals surface area contributed by atoms with Crippen LogP contribution in [0.4, 0.5) is 0 Å². The zero-order valence-corrected chi connectivity index (χ0v) is 22.2. The molecular weight excluding hydrogens is 478 g/mol. The Balaban J connectivity index is 1.41. The van der Waals surface area contributed by atoms with Crippen LogP contribution in [0.1, 0.15) is 49.1 Å². The Morgan fingerprint density at radius 1 is 1.03 bits per heavy atom. The van der Waals surface area contributed by atoms with Crippen molar-refractivity contribution in [3.8, 4) is 0 Å². The molecule has 1 aromatic heterocycles. The minimum absolute atomic E-state index is 0.103. The number of hydrogen-bond acceptors (Lipinski definition) is 4. The number of nitrogens with zero attached hydrogens (tertiary/aromatic N) is 2. The zero-order valence-electron chi connectivity index (χ0n) is 22.2. The summed E-state index contributed by atoms with van der Waals surface area (Å²) >= 11 is 0. The van der Waals surface area contributed by atoms with Crippen molar-refractivity contribution < 1.29 is 14.4 Å². The van der Waals surface area contributed by atoms with Gasteiger partial charge in [0.1, 0.15) is 12.1 Å². The van der Waals surface area contributed by atoms with Crippen molar-refractivity contribution in [1.29, 1.82) is 0 Å². The molecule has 3 aromatic rings. The standard InChI is InChI=1S/C30H37N5O3/c1-21(2)28(34-27(36)17-25-18-31-20-33-25)30(38)35-19-24-14-7-6-13-23(24)16-26(35)29(37)32-15-9-8-12-22-10-4-3-5-11-22/h3-7,10-11,13-14,18,20-21,26,28H,8-9,12,15-17,19H2,1-2H3,(H,31,33)(H,32,37)(H,34,36)/t26-,28-/m0/s1. The summed E-state index contributed by atoms with van der Waals surface area (Å²) in [5, 5.41) is 5.96. The van der Waals surface area contributed by atoms with Gasteiger partial charge in [-0.15, -0.1) is 0 Å². The molecule has 0 spiro atoms. The van der Waals surface area contributed by atoms with Crippen LogP contribution in [0.5, 0.6) is 0 Å². The van der Waals surface area contributed by atoms with E-state index < -0.39 is 12.1 Å². The summed E-state index contributed by atoms with van der Waals surface area (Å²) < 4.78 is 0. The first-order valence-electron chi connectivity index (χ1n) is 13.4. The summed E-state index contributed by atoms with van der Waals surface area (Å²) in [6.45, 7) is 4.69. The van der Waals surface area contributed by atoms with Gasteiger partial charge in [0.15, 0.2) is 0 Å². The molecule has 3 amide bonds. The first-order valence-corrected chi connectivity index (χ1v) is 13.4. The second-order valence-electron chi connectivity index (χ2n) is 10.2.